The predicted molar refractivity (Wildman–Crippen MR) is 113 cm³/mol. The Morgan fingerprint density at radius 2 is 1.84 bits per heavy atom. The van der Waals surface area contributed by atoms with E-state index in [2.05, 4.69) is 15.3 Å². The van der Waals surface area contributed by atoms with E-state index in [4.69, 9.17) is 29.4 Å². The summed E-state index contributed by atoms with van der Waals surface area (Å²) in [6.45, 7) is 4.89. The summed E-state index contributed by atoms with van der Waals surface area (Å²) in [7, 11) is 1.53. The molecule has 0 aromatic carbocycles. The molecule has 5 N–H and O–H groups in total. The lowest BCUT2D eigenvalue weighted by molar-refractivity contribution is -0.189. The third-order valence-corrected chi connectivity index (χ3v) is 4.79. The van der Waals surface area contributed by atoms with Crippen LogP contribution in [0.25, 0.3) is 0 Å². The number of ether oxygens (including phenoxy) is 5. The summed E-state index contributed by atoms with van der Waals surface area (Å²) in [5, 5.41) is 24.2. The molecule has 0 aliphatic carbocycles. The van der Waals surface area contributed by atoms with Crippen LogP contribution >= 0.6 is 0 Å². The number of aliphatic hydroxyl groups excluding tert-OH is 2. The highest BCUT2D eigenvalue weighted by Crippen LogP contribution is 2.26. The first-order chi connectivity index (χ1) is 15.1. The third kappa shape index (κ3) is 8.45. The van der Waals surface area contributed by atoms with Gasteiger partial charge in [0.05, 0.1) is 45.2 Å². The smallest absolute Gasteiger partial charge is 0.226 e. The lowest BCUT2D eigenvalue weighted by Crippen LogP contribution is -2.61. The largest absolute Gasteiger partial charge is 0.475 e. The number of aromatic nitrogens is 2. The van der Waals surface area contributed by atoms with E-state index >= 15 is 0 Å². The van der Waals surface area contributed by atoms with Gasteiger partial charge in [0, 0.05) is 25.9 Å². The minimum absolute atomic E-state index is 0.201. The minimum Gasteiger partial charge on any atom is -0.475 e. The van der Waals surface area contributed by atoms with Gasteiger partial charge < -0.3 is 44.9 Å². The number of nitrogens with zero attached hydrogens (tertiary/aromatic N) is 2. The number of nitrogens with two attached hydrogens (primary N) is 1. The van der Waals surface area contributed by atoms with Gasteiger partial charge >= 0.3 is 0 Å². The summed E-state index contributed by atoms with van der Waals surface area (Å²) in [5.41, 5.74) is 5.34. The normalized spacial score (nSPS) is 26.0. The maximum absolute atomic E-state index is 10.7. The molecule has 1 aromatic heterocycles. The molecule has 0 amide bonds. The Kier molecular flexibility index (Phi) is 12.0. The number of methoxy groups -OCH3 is 1. The lowest BCUT2D eigenvalue weighted by atomic mass is 9.90. The highest BCUT2D eigenvalue weighted by atomic mass is 16.6. The Hall–Kier alpha value is -1.60. The highest BCUT2D eigenvalue weighted by molar-refractivity contribution is 5.30. The molecule has 31 heavy (non-hydrogen) atoms. The number of nitrogens with one attached hydrogen (secondary N) is 1. The van der Waals surface area contributed by atoms with Crippen LogP contribution in [0.2, 0.25) is 0 Å². The molecule has 0 radical (unpaired) electrons. The quantitative estimate of drug-likeness (QED) is 0.261. The van der Waals surface area contributed by atoms with Crippen molar-refractivity contribution in [3.05, 3.63) is 12.3 Å². The van der Waals surface area contributed by atoms with E-state index in [0.717, 1.165) is 6.42 Å². The third-order valence-electron chi connectivity index (χ3n) is 4.79. The molecule has 178 valence electrons. The van der Waals surface area contributed by atoms with Gasteiger partial charge in [0.2, 0.25) is 11.8 Å². The van der Waals surface area contributed by atoms with Crippen molar-refractivity contribution in [1.82, 2.24) is 9.97 Å². The Bertz CT molecular complexity index is 613. The van der Waals surface area contributed by atoms with Crippen LogP contribution in [-0.4, -0.2) is 104 Å². The molecule has 0 spiro atoms. The average Bonchev–Trinajstić information content (AvgIpc) is 2.77. The van der Waals surface area contributed by atoms with Crippen molar-refractivity contribution in [2.24, 2.45) is 5.73 Å². The fraction of sp³-hybridized carbons (Fsp3) is 0.800. The van der Waals surface area contributed by atoms with Crippen molar-refractivity contribution < 1.29 is 33.9 Å². The molecule has 1 aromatic rings. The van der Waals surface area contributed by atoms with Gasteiger partial charge in [-0.1, -0.05) is 13.3 Å². The Balaban J connectivity index is 1.87. The fourth-order valence-corrected chi connectivity index (χ4v) is 3.31. The number of rotatable bonds is 15. The van der Waals surface area contributed by atoms with E-state index in [1.54, 1.807) is 12.3 Å². The van der Waals surface area contributed by atoms with Gasteiger partial charge in [0.15, 0.2) is 0 Å². The first-order valence-electron chi connectivity index (χ1n) is 10.7. The van der Waals surface area contributed by atoms with E-state index in [1.165, 1.54) is 7.11 Å². The predicted octanol–water partition coefficient (Wildman–Crippen LogP) is -0.436. The topological polar surface area (TPSA) is 150 Å². The standard InChI is InChI=1S/C20H36N4O7/c1-3-4-14-17(19(26)18(25)15(31-14)13-27-2)24-20-22-7-5-16(23-20)30-12-11-29-10-9-28-8-6-21/h5,7,14-15,17-19,25-26H,3-4,6,8-13,21H2,1-2H3,(H,22,23,24)/t14-,15-,17+,18+,19-/m1/s1. The van der Waals surface area contributed by atoms with Gasteiger partial charge in [-0.05, 0) is 6.42 Å². The maximum Gasteiger partial charge on any atom is 0.226 e. The SMILES string of the molecule is CCC[C@H]1O[C@H](COC)[C@H](O)[C@H](O)[C@H]1Nc1nccc(OCCOCCOCCN)n1. The Morgan fingerprint density at radius 1 is 1.10 bits per heavy atom. The second-order valence-electron chi connectivity index (χ2n) is 7.19. The van der Waals surface area contributed by atoms with Crippen molar-refractivity contribution >= 4 is 5.95 Å². The molecule has 1 aliphatic heterocycles. The molecule has 0 bridgehead atoms. The first-order valence-corrected chi connectivity index (χ1v) is 10.7. The molecule has 2 heterocycles. The molecule has 1 fully saturated rings. The molecule has 11 nitrogen and oxygen atoms in total. The molecular formula is C20H36N4O7. The van der Waals surface area contributed by atoms with Crippen LogP contribution in [0.3, 0.4) is 0 Å². The van der Waals surface area contributed by atoms with Gasteiger partial charge in [0.25, 0.3) is 0 Å². The van der Waals surface area contributed by atoms with Crippen LogP contribution in [0.1, 0.15) is 19.8 Å². The average molecular weight is 445 g/mol. The van der Waals surface area contributed by atoms with Crippen LogP contribution in [0.5, 0.6) is 5.88 Å². The van der Waals surface area contributed by atoms with Crippen LogP contribution in [0.4, 0.5) is 5.95 Å². The fourth-order valence-electron chi connectivity index (χ4n) is 3.31. The molecule has 0 unspecified atom stereocenters. The zero-order valence-electron chi connectivity index (χ0n) is 18.3. The number of anilines is 1. The molecule has 5 atom stereocenters. The molecule has 1 aliphatic rings. The van der Waals surface area contributed by atoms with Gasteiger partial charge in [-0.2, -0.15) is 4.98 Å². The molecule has 11 heteroatoms. The summed E-state index contributed by atoms with van der Waals surface area (Å²) in [5.74, 6) is 0.649. The summed E-state index contributed by atoms with van der Waals surface area (Å²) >= 11 is 0. The molecule has 1 saturated heterocycles. The summed E-state index contributed by atoms with van der Waals surface area (Å²) in [6, 6.07) is 1.06. The van der Waals surface area contributed by atoms with Gasteiger partial charge in [-0.25, -0.2) is 4.98 Å². The van der Waals surface area contributed by atoms with E-state index in [0.29, 0.717) is 51.9 Å². The van der Waals surface area contributed by atoms with Crippen molar-refractivity contribution in [3.63, 3.8) is 0 Å². The number of hydrogen-bond acceptors (Lipinski definition) is 11. The van der Waals surface area contributed by atoms with Gasteiger partial charge in [-0.3, -0.25) is 0 Å². The summed E-state index contributed by atoms with van der Waals surface area (Å²) in [4.78, 5) is 8.52. The summed E-state index contributed by atoms with van der Waals surface area (Å²) < 4.78 is 27.3. The molecule has 0 saturated carbocycles. The zero-order chi connectivity index (χ0) is 22.5. The first kappa shape index (κ1) is 25.7. The van der Waals surface area contributed by atoms with Gasteiger partial charge in [-0.15, -0.1) is 0 Å². The molecule has 2 rings (SSSR count). The van der Waals surface area contributed by atoms with Crippen LogP contribution < -0.4 is 15.8 Å². The van der Waals surface area contributed by atoms with Crippen molar-refractivity contribution in [2.45, 2.75) is 50.2 Å². The van der Waals surface area contributed by atoms with E-state index in [9.17, 15) is 10.2 Å². The second kappa shape index (κ2) is 14.5. The van der Waals surface area contributed by atoms with Crippen LogP contribution in [-0.2, 0) is 18.9 Å². The highest BCUT2D eigenvalue weighted by Gasteiger charge is 2.44. The maximum atomic E-state index is 10.7. The van der Waals surface area contributed by atoms with E-state index in [1.807, 2.05) is 6.92 Å². The van der Waals surface area contributed by atoms with Crippen molar-refractivity contribution in [1.29, 1.82) is 0 Å². The Labute approximate surface area is 183 Å². The van der Waals surface area contributed by atoms with Gasteiger partial charge in [0.1, 0.15) is 24.9 Å². The second-order valence-corrected chi connectivity index (χ2v) is 7.19. The minimum atomic E-state index is -1.09. The van der Waals surface area contributed by atoms with E-state index in [-0.39, 0.29) is 18.7 Å². The van der Waals surface area contributed by atoms with Crippen molar-refractivity contribution in [2.75, 3.05) is 58.6 Å². The lowest BCUT2D eigenvalue weighted by Gasteiger charge is -2.43. The summed E-state index contributed by atoms with van der Waals surface area (Å²) in [6.07, 6.45) is 0.0416. The van der Waals surface area contributed by atoms with E-state index < -0.39 is 24.4 Å². The Morgan fingerprint density at radius 3 is 2.55 bits per heavy atom. The molecular weight excluding hydrogens is 408 g/mol. The van der Waals surface area contributed by atoms with Crippen LogP contribution in [0, 0.1) is 0 Å². The van der Waals surface area contributed by atoms with Crippen molar-refractivity contribution in [3.8, 4) is 5.88 Å². The van der Waals surface area contributed by atoms with Crippen LogP contribution in [0.15, 0.2) is 12.3 Å². The number of hydrogen-bond donors (Lipinski definition) is 4. The monoisotopic (exact) mass is 444 g/mol. The zero-order valence-corrected chi connectivity index (χ0v) is 18.3. The number of aliphatic hydroxyl groups is 2.